The summed E-state index contributed by atoms with van der Waals surface area (Å²) in [7, 11) is 1.57. The van der Waals surface area contributed by atoms with Gasteiger partial charge in [-0.1, -0.05) is 13.8 Å². The zero-order valence-electron chi connectivity index (χ0n) is 19.6. The van der Waals surface area contributed by atoms with Crippen LogP contribution in [0.25, 0.3) is 0 Å². The molecule has 0 aromatic heterocycles. The lowest BCUT2D eigenvalue weighted by Crippen LogP contribution is -2.55. The molecular formula is C21H35NO9. The van der Waals surface area contributed by atoms with Crippen LogP contribution in [0.2, 0.25) is 0 Å². The fourth-order valence-electron chi connectivity index (χ4n) is 3.85. The highest BCUT2D eigenvalue weighted by Crippen LogP contribution is 2.35. The third kappa shape index (κ3) is 8.82. The molecule has 0 aliphatic carbocycles. The van der Waals surface area contributed by atoms with Crippen molar-refractivity contribution < 1.29 is 42.9 Å². The normalized spacial score (nSPS) is 24.1. The van der Waals surface area contributed by atoms with Crippen LogP contribution in [0.5, 0.6) is 0 Å². The Morgan fingerprint density at radius 1 is 0.968 bits per heavy atom. The molecule has 1 aliphatic rings. The number of esters is 3. The van der Waals surface area contributed by atoms with Gasteiger partial charge in [0.15, 0.2) is 12.4 Å². The Bertz CT molecular complexity index is 674. The summed E-state index contributed by atoms with van der Waals surface area (Å²) >= 11 is 0. The van der Waals surface area contributed by atoms with E-state index in [1.807, 2.05) is 13.8 Å². The lowest BCUT2D eigenvalue weighted by atomic mass is 9.81. The van der Waals surface area contributed by atoms with E-state index in [0.29, 0.717) is 6.42 Å². The van der Waals surface area contributed by atoms with E-state index in [1.54, 1.807) is 20.9 Å². The molecule has 0 aromatic carbocycles. The van der Waals surface area contributed by atoms with Crippen LogP contribution >= 0.6 is 0 Å². The quantitative estimate of drug-likeness (QED) is 0.415. The van der Waals surface area contributed by atoms with Crippen molar-refractivity contribution in [2.45, 2.75) is 91.5 Å². The first-order chi connectivity index (χ1) is 14.2. The Morgan fingerprint density at radius 2 is 1.55 bits per heavy atom. The summed E-state index contributed by atoms with van der Waals surface area (Å²) < 4.78 is 27.8. The van der Waals surface area contributed by atoms with Crippen molar-refractivity contribution in [2.24, 2.45) is 5.41 Å². The highest BCUT2D eigenvalue weighted by atomic mass is 16.7. The van der Waals surface area contributed by atoms with E-state index < -0.39 is 53.5 Å². The average molecular weight is 446 g/mol. The molecule has 1 aliphatic heterocycles. The van der Waals surface area contributed by atoms with E-state index in [0.717, 1.165) is 0 Å². The second-order valence-corrected chi connectivity index (χ2v) is 8.88. The number of hydrogen-bond donors (Lipinski definition) is 1. The molecule has 1 rings (SSSR count). The minimum Gasteiger partial charge on any atom is -0.463 e. The smallest absolute Gasteiger partial charge is 0.303 e. The van der Waals surface area contributed by atoms with Crippen molar-refractivity contribution in [2.75, 3.05) is 13.7 Å². The van der Waals surface area contributed by atoms with Crippen molar-refractivity contribution in [1.82, 2.24) is 5.32 Å². The second-order valence-electron chi connectivity index (χ2n) is 8.88. The number of hydrogen-bond acceptors (Lipinski definition) is 9. The fraction of sp³-hybridized carbons (Fsp3) is 0.810. The summed E-state index contributed by atoms with van der Waals surface area (Å²) in [6, 6.07) is 0. The average Bonchev–Trinajstić information content (AvgIpc) is 2.59. The summed E-state index contributed by atoms with van der Waals surface area (Å²) in [6.07, 6.45) is -3.11. The molecule has 0 aromatic rings. The summed E-state index contributed by atoms with van der Waals surface area (Å²) in [5, 5.41) is 2.64. The van der Waals surface area contributed by atoms with Crippen molar-refractivity contribution in [3.05, 3.63) is 0 Å². The van der Waals surface area contributed by atoms with Gasteiger partial charge in [-0.05, 0) is 20.3 Å². The topological polar surface area (TPSA) is 126 Å². The van der Waals surface area contributed by atoms with Crippen LogP contribution in [0.3, 0.4) is 0 Å². The van der Waals surface area contributed by atoms with E-state index in [4.69, 9.17) is 23.7 Å². The molecule has 1 heterocycles. The third-order valence-corrected chi connectivity index (χ3v) is 4.71. The minimum atomic E-state index is -0.967. The summed E-state index contributed by atoms with van der Waals surface area (Å²) in [4.78, 5) is 46.7. The maximum absolute atomic E-state index is 12.2. The van der Waals surface area contributed by atoms with Crippen LogP contribution in [0.15, 0.2) is 0 Å². The molecular weight excluding hydrogens is 410 g/mol. The van der Waals surface area contributed by atoms with Crippen molar-refractivity contribution in [3.8, 4) is 0 Å². The summed E-state index contributed by atoms with van der Waals surface area (Å²) in [5.74, 6) is -1.82. The molecule has 0 radical (unpaired) electrons. The first kappa shape index (κ1) is 26.8. The number of carbonyl (C=O) groups excluding carboxylic acids is 4. The van der Waals surface area contributed by atoms with Gasteiger partial charge in [0.05, 0.1) is 5.60 Å². The van der Waals surface area contributed by atoms with Gasteiger partial charge in [0.2, 0.25) is 5.91 Å². The van der Waals surface area contributed by atoms with Gasteiger partial charge in [-0.15, -0.1) is 0 Å². The monoisotopic (exact) mass is 445 g/mol. The molecule has 1 saturated heterocycles. The van der Waals surface area contributed by atoms with E-state index in [-0.39, 0.29) is 18.9 Å². The summed E-state index contributed by atoms with van der Waals surface area (Å²) in [6.45, 7) is 10.7. The molecule has 0 bridgehead atoms. The predicted octanol–water partition coefficient (Wildman–Crippen LogP) is 1.49. The SMILES string of the molecule is CNC(=O)C(C)(C)CC(C)(C)OC1CC(OC(C)=O)C(OC(C)=O)C(COC(C)=O)O1. The largest absolute Gasteiger partial charge is 0.463 e. The minimum absolute atomic E-state index is 0.0952. The molecule has 4 unspecified atom stereocenters. The Kier molecular flexibility index (Phi) is 9.44. The van der Waals surface area contributed by atoms with Crippen molar-refractivity contribution >= 4 is 23.8 Å². The Hall–Kier alpha value is -2.20. The van der Waals surface area contributed by atoms with Gasteiger partial charge in [0.25, 0.3) is 0 Å². The summed E-state index contributed by atoms with van der Waals surface area (Å²) in [5.41, 5.74) is -1.50. The Morgan fingerprint density at radius 3 is 2.03 bits per heavy atom. The molecule has 178 valence electrons. The Balaban J connectivity index is 3.06. The van der Waals surface area contributed by atoms with E-state index in [9.17, 15) is 19.2 Å². The number of nitrogens with one attached hydrogen (secondary N) is 1. The van der Waals surface area contributed by atoms with Gasteiger partial charge in [-0.25, -0.2) is 0 Å². The first-order valence-electron chi connectivity index (χ1n) is 10.2. The molecule has 4 atom stereocenters. The highest BCUT2D eigenvalue weighted by molar-refractivity contribution is 5.81. The Labute approximate surface area is 183 Å². The maximum Gasteiger partial charge on any atom is 0.303 e. The molecule has 1 N–H and O–H groups in total. The number of amides is 1. The van der Waals surface area contributed by atoms with Gasteiger partial charge in [-0.2, -0.15) is 0 Å². The van der Waals surface area contributed by atoms with Gasteiger partial charge in [0.1, 0.15) is 18.8 Å². The molecule has 0 saturated carbocycles. The van der Waals surface area contributed by atoms with Gasteiger partial charge in [0, 0.05) is 39.7 Å². The molecule has 0 spiro atoms. The van der Waals surface area contributed by atoms with Crippen LogP contribution in [0, 0.1) is 5.41 Å². The van der Waals surface area contributed by atoms with E-state index in [1.165, 1.54) is 20.8 Å². The van der Waals surface area contributed by atoms with Gasteiger partial charge < -0.3 is 29.0 Å². The van der Waals surface area contributed by atoms with Crippen molar-refractivity contribution in [3.63, 3.8) is 0 Å². The van der Waals surface area contributed by atoms with Crippen LogP contribution in [-0.4, -0.2) is 67.7 Å². The van der Waals surface area contributed by atoms with Gasteiger partial charge >= 0.3 is 17.9 Å². The van der Waals surface area contributed by atoms with E-state index >= 15 is 0 Å². The zero-order valence-corrected chi connectivity index (χ0v) is 19.6. The predicted molar refractivity (Wildman–Crippen MR) is 109 cm³/mol. The number of ether oxygens (including phenoxy) is 5. The fourth-order valence-corrected chi connectivity index (χ4v) is 3.85. The third-order valence-electron chi connectivity index (χ3n) is 4.71. The maximum atomic E-state index is 12.2. The zero-order chi connectivity index (χ0) is 24.0. The second kappa shape index (κ2) is 10.9. The van der Waals surface area contributed by atoms with Crippen molar-refractivity contribution in [1.29, 1.82) is 0 Å². The van der Waals surface area contributed by atoms with Crippen LogP contribution in [-0.2, 0) is 42.9 Å². The molecule has 1 amide bonds. The first-order valence-corrected chi connectivity index (χ1v) is 10.2. The number of carbonyl (C=O) groups is 4. The standard InChI is InChI=1S/C21H35NO9/c1-12(23)27-10-16-18(29-14(3)25)15(28-13(2)24)9-17(30-16)31-21(6,7)11-20(4,5)19(26)22-8/h15-18H,9-11H2,1-8H3,(H,22,26). The molecule has 10 heteroatoms. The molecule has 31 heavy (non-hydrogen) atoms. The lowest BCUT2D eigenvalue weighted by molar-refractivity contribution is -0.291. The highest BCUT2D eigenvalue weighted by Gasteiger charge is 2.46. The molecule has 10 nitrogen and oxygen atoms in total. The molecule has 1 fully saturated rings. The van der Waals surface area contributed by atoms with Crippen LogP contribution in [0.1, 0.15) is 61.3 Å². The number of rotatable bonds is 9. The lowest BCUT2D eigenvalue weighted by Gasteiger charge is -2.43. The van der Waals surface area contributed by atoms with Crippen LogP contribution in [0.4, 0.5) is 0 Å². The van der Waals surface area contributed by atoms with E-state index in [2.05, 4.69) is 5.32 Å². The van der Waals surface area contributed by atoms with Gasteiger partial charge in [-0.3, -0.25) is 19.2 Å². The van der Waals surface area contributed by atoms with Crippen LogP contribution < -0.4 is 5.32 Å².